The summed E-state index contributed by atoms with van der Waals surface area (Å²) >= 11 is 0. The number of aromatic nitrogens is 3. The number of hydrogen-bond donors (Lipinski definition) is 0. The first-order chi connectivity index (χ1) is 28.8. The molecule has 0 N–H and O–H groups in total. The van der Waals surface area contributed by atoms with E-state index >= 15 is 0 Å². The summed E-state index contributed by atoms with van der Waals surface area (Å²) in [5.74, 6) is 0. The molecule has 5 heteroatoms. The Kier molecular flexibility index (Phi) is 5.27. The van der Waals surface area contributed by atoms with Gasteiger partial charge in [0, 0.05) is 65.6 Å². The maximum atomic E-state index is 2.78. The molecule has 274 valence electrons. The van der Waals surface area contributed by atoms with Crippen LogP contribution in [0.25, 0.3) is 93.6 Å². The second-order valence-corrected chi connectivity index (χ2v) is 18.3. The molecule has 0 atom stereocenters. The quantitative estimate of drug-likeness (QED) is 0.149. The van der Waals surface area contributed by atoms with Crippen LogP contribution in [0.2, 0.25) is 0 Å². The topological polar surface area (TPSA) is 14.8 Å². The Labute approximate surface area is 342 Å². The zero-order valence-corrected chi connectivity index (χ0v) is 34.0. The molecular formula is C54H37B2N3. The third-order valence-corrected chi connectivity index (χ3v) is 15.3. The summed E-state index contributed by atoms with van der Waals surface area (Å²) < 4.78 is 8.24. The van der Waals surface area contributed by atoms with Gasteiger partial charge < -0.3 is 13.7 Å². The summed E-state index contributed by atoms with van der Waals surface area (Å²) in [5.41, 5.74) is 31.6. The van der Waals surface area contributed by atoms with Crippen LogP contribution in [0.4, 0.5) is 0 Å². The Morgan fingerprint density at radius 3 is 1.14 bits per heavy atom. The number of aryl methyl sites for hydroxylation is 6. The minimum absolute atomic E-state index is 0.0696. The minimum atomic E-state index is 0.0696. The molecule has 11 aromatic rings. The highest BCUT2D eigenvalue weighted by molar-refractivity contribution is 7.05. The zero-order valence-electron chi connectivity index (χ0n) is 34.0. The SMILES string of the molecule is Cc1ccc2c3ccc(C)c4c3n(c2c1)-c1c2c3c5c(c1-c1ccccc1)-n1c6cc(C)ccc6c6ccc(C)c(c61)B5c1c(C)ccc5c6ccc(C)c(c6n-3c15)B24. The van der Waals surface area contributed by atoms with E-state index in [2.05, 4.69) is 171 Å². The van der Waals surface area contributed by atoms with E-state index in [4.69, 9.17) is 0 Å². The van der Waals surface area contributed by atoms with Crippen LogP contribution >= 0.6 is 0 Å². The lowest BCUT2D eigenvalue weighted by molar-refractivity contribution is 1.11. The van der Waals surface area contributed by atoms with E-state index in [0.29, 0.717) is 0 Å². The van der Waals surface area contributed by atoms with E-state index in [1.165, 1.54) is 160 Å². The lowest BCUT2D eigenvalue weighted by Crippen LogP contribution is -2.68. The molecule has 4 aliphatic heterocycles. The van der Waals surface area contributed by atoms with Gasteiger partial charge in [0.25, 0.3) is 13.4 Å². The van der Waals surface area contributed by atoms with Crippen molar-refractivity contribution in [2.24, 2.45) is 0 Å². The van der Waals surface area contributed by atoms with Crippen molar-refractivity contribution in [2.75, 3.05) is 0 Å². The summed E-state index contributed by atoms with van der Waals surface area (Å²) in [6.07, 6.45) is 0. The molecule has 4 aliphatic rings. The van der Waals surface area contributed by atoms with Crippen LogP contribution in [-0.2, 0) is 0 Å². The van der Waals surface area contributed by atoms with Crippen LogP contribution in [0, 0.1) is 41.5 Å². The molecule has 0 bridgehead atoms. The van der Waals surface area contributed by atoms with Crippen molar-refractivity contribution in [2.45, 2.75) is 41.5 Å². The van der Waals surface area contributed by atoms with Gasteiger partial charge >= 0.3 is 0 Å². The van der Waals surface area contributed by atoms with Crippen LogP contribution in [0.3, 0.4) is 0 Å². The Morgan fingerprint density at radius 2 is 0.712 bits per heavy atom. The summed E-state index contributed by atoms with van der Waals surface area (Å²) in [6.45, 7) is 14.1. The highest BCUT2D eigenvalue weighted by Gasteiger charge is 2.51. The van der Waals surface area contributed by atoms with E-state index in [1.807, 2.05) is 0 Å². The summed E-state index contributed by atoms with van der Waals surface area (Å²) in [4.78, 5) is 0. The van der Waals surface area contributed by atoms with Crippen molar-refractivity contribution in [3.63, 3.8) is 0 Å². The van der Waals surface area contributed by atoms with Crippen LogP contribution in [0.1, 0.15) is 33.4 Å². The van der Waals surface area contributed by atoms with Gasteiger partial charge in [-0.3, -0.25) is 0 Å². The van der Waals surface area contributed by atoms with Gasteiger partial charge in [-0.15, -0.1) is 0 Å². The summed E-state index contributed by atoms with van der Waals surface area (Å²) in [6, 6.07) is 45.0. The maximum Gasteiger partial charge on any atom is 0.252 e. The molecule has 0 spiro atoms. The Bertz CT molecular complexity index is 3680. The second kappa shape index (κ2) is 9.93. The van der Waals surface area contributed by atoms with Crippen molar-refractivity contribution < 1.29 is 0 Å². The Morgan fingerprint density at radius 1 is 0.339 bits per heavy atom. The monoisotopic (exact) mass is 749 g/mol. The average Bonchev–Trinajstić information content (AvgIpc) is 3.86. The number of nitrogens with zero attached hydrogens (tertiary/aromatic N) is 3. The van der Waals surface area contributed by atoms with Gasteiger partial charge in [0.1, 0.15) is 0 Å². The normalized spacial score (nSPS) is 13.9. The van der Waals surface area contributed by atoms with Gasteiger partial charge in [-0.25, -0.2) is 0 Å². The second-order valence-electron chi connectivity index (χ2n) is 18.3. The lowest BCUT2D eigenvalue weighted by Gasteiger charge is -2.43. The third-order valence-electron chi connectivity index (χ3n) is 15.3. The van der Waals surface area contributed by atoms with Crippen molar-refractivity contribution in [1.82, 2.24) is 13.7 Å². The molecule has 0 fully saturated rings. The molecule has 59 heavy (non-hydrogen) atoms. The van der Waals surface area contributed by atoms with Crippen LogP contribution in [0.15, 0.2) is 115 Å². The predicted octanol–water partition coefficient (Wildman–Crippen LogP) is 8.78. The first-order valence-corrected chi connectivity index (χ1v) is 21.3. The molecule has 15 rings (SSSR count). The summed E-state index contributed by atoms with van der Waals surface area (Å²) in [7, 11) is 0. The Hall–Kier alpha value is -6.71. The molecule has 0 unspecified atom stereocenters. The maximum absolute atomic E-state index is 2.78. The van der Waals surface area contributed by atoms with Gasteiger partial charge in [-0.05, 0) is 103 Å². The fourth-order valence-electron chi connectivity index (χ4n) is 13.0. The molecule has 7 heterocycles. The average molecular weight is 750 g/mol. The molecule has 0 saturated carbocycles. The van der Waals surface area contributed by atoms with Crippen LogP contribution in [0.5, 0.6) is 0 Å². The van der Waals surface area contributed by atoms with Crippen molar-refractivity contribution in [1.29, 1.82) is 0 Å². The molecule has 8 aromatic carbocycles. The molecular weight excluding hydrogens is 712 g/mol. The van der Waals surface area contributed by atoms with Gasteiger partial charge in [0.2, 0.25) is 0 Å². The summed E-state index contributed by atoms with van der Waals surface area (Å²) in [5, 5.41) is 8.07. The fraction of sp³-hybridized carbons (Fsp3) is 0.111. The molecule has 3 aromatic heterocycles. The highest BCUT2D eigenvalue weighted by Crippen LogP contribution is 2.48. The van der Waals surface area contributed by atoms with Crippen LogP contribution in [-0.4, -0.2) is 27.1 Å². The van der Waals surface area contributed by atoms with E-state index in [0.717, 1.165) is 0 Å². The lowest BCUT2D eigenvalue weighted by atomic mass is 9.28. The van der Waals surface area contributed by atoms with Crippen LogP contribution < -0.4 is 32.8 Å². The molecule has 3 nitrogen and oxygen atoms in total. The molecule has 0 radical (unpaired) electrons. The van der Waals surface area contributed by atoms with Gasteiger partial charge in [-0.1, -0.05) is 125 Å². The first kappa shape index (κ1) is 31.3. The molecule has 0 saturated heterocycles. The van der Waals surface area contributed by atoms with E-state index < -0.39 is 0 Å². The number of hydrogen-bond acceptors (Lipinski definition) is 0. The standard InChI is InChI=1S/C54H37B2N3/c1-26-12-18-33-35-20-14-28(3)42-48(35)57(39(33)24-26)52-41(32-10-8-7-9-11-32)53-47-54-46(52)55(42)44-30(5)16-22-37-38-23-17-31(6)45(51(38)59(54)50(37)44)56(47)43-29(4)15-21-36-34-19-13-27(2)25-40(34)58(53)49(36)43/h7-25H,1-6H3. The van der Waals surface area contributed by atoms with Gasteiger partial charge in [-0.2, -0.15) is 0 Å². The number of rotatable bonds is 1. The van der Waals surface area contributed by atoms with Gasteiger partial charge in [0.15, 0.2) is 0 Å². The number of benzene rings is 8. The van der Waals surface area contributed by atoms with Crippen molar-refractivity contribution in [3.05, 3.63) is 149 Å². The van der Waals surface area contributed by atoms with Crippen molar-refractivity contribution in [3.8, 4) is 28.2 Å². The number of fused-ring (bicyclic) bond motifs is 13. The third kappa shape index (κ3) is 3.27. The molecule has 0 amide bonds. The minimum Gasteiger partial charge on any atom is -0.311 e. The van der Waals surface area contributed by atoms with E-state index in [1.54, 1.807) is 0 Å². The zero-order chi connectivity index (χ0) is 39.1. The van der Waals surface area contributed by atoms with E-state index in [9.17, 15) is 0 Å². The largest absolute Gasteiger partial charge is 0.311 e. The first-order valence-electron chi connectivity index (χ1n) is 21.3. The van der Waals surface area contributed by atoms with E-state index in [-0.39, 0.29) is 13.4 Å². The Balaban J connectivity index is 1.34. The van der Waals surface area contributed by atoms with Crippen molar-refractivity contribution >= 4 is 112 Å². The highest BCUT2D eigenvalue weighted by atomic mass is 15.1. The predicted molar refractivity (Wildman–Crippen MR) is 253 cm³/mol. The fourth-order valence-corrected chi connectivity index (χ4v) is 13.0. The molecule has 0 aliphatic carbocycles. The smallest absolute Gasteiger partial charge is 0.252 e. The van der Waals surface area contributed by atoms with Gasteiger partial charge in [0.05, 0.1) is 22.4 Å².